The van der Waals surface area contributed by atoms with E-state index in [1.807, 2.05) is 55.8 Å². The number of pyridine rings is 1. The van der Waals surface area contributed by atoms with Crippen LogP contribution in [0, 0.1) is 13.8 Å². The van der Waals surface area contributed by atoms with Gasteiger partial charge in [0.05, 0.1) is 22.4 Å². The first-order valence-electron chi connectivity index (χ1n) is 8.72. The Morgan fingerprint density at radius 3 is 2.59 bits per heavy atom. The number of amides is 1. The molecule has 7 heteroatoms. The number of hydrogen-bond acceptors (Lipinski definition) is 4. The molecule has 0 aliphatic carbocycles. The van der Waals surface area contributed by atoms with Crippen molar-refractivity contribution in [1.29, 1.82) is 0 Å². The molecule has 2 heterocycles. The van der Waals surface area contributed by atoms with Crippen molar-refractivity contribution in [1.82, 2.24) is 20.1 Å². The lowest BCUT2D eigenvalue weighted by molar-refractivity contribution is -0.117. The molecule has 0 bridgehead atoms. The van der Waals surface area contributed by atoms with Gasteiger partial charge in [-0.25, -0.2) is 9.67 Å². The second kappa shape index (κ2) is 8.33. The van der Waals surface area contributed by atoms with Gasteiger partial charge in [-0.15, -0.1) is 0 Å². The molecule has 1 amide bonds. The highest BCUT2D eigenvalue weighted by molar-refractivity contribution is 6.30. The summed E-state index contributed by atoms with van der Waals surface area (Å²) >= 11 is 5.81. The van der Waals surface area contributed by atoms with Crippen LogP contribution in [0.4, 0.5) is 5.82 Å². The van der Waals surface area contributed by atoms with Crippen LogP contribution in [0.2, 0.25) is 5.02 Å². The Bertz CT molecular complexity index is 922. The summed E-state index contributed by atoms with van der Waals surface area (Å²) < 4.78 is 1.93. The molecule has 27 heavy (non-hydrogen) atoms. The molecular formula is C20H22ClN5O. The smallest absolute Gasteiger partial charge is 0.242 e. The Hall–Kier alpha value is -2.70. The minimum atomic E-state index is -0.388. The number of nitrogens with one attached hydrogen (secondary N) is 2. The zero-order valence-electron chi connectivity index (χ0n) is 15.5. The molecule has 0 spiro atoms. The van der Waals surface area contributed by atoms with Gasteiger partial charge in [0.2, 0.25) is 5.91 Å². The van der Waals surface area contributed by atoms with Crippen LogP contribution in [-0.2, 0) is 11.3 Å². The van der Waals surface area contributed by atoms with Gasteiger partial charge in [0.1, 0.15) is 5.82 Å². The van der Waals surface area contributed by atoms with E-state index in [-0.39, 0.29) is 11.9 Å². The van der Waals surface area contributed by atoms with Crippen LogP contribution in [0.15, 0.2) is 48.7 Å². The van der Waals surface area contributed by atoms with Crippen molar-refractivity contribution in [2.45, 2.75) is 33.4 Å². The SMILES string of the molecule is Cc1nn(-c2ccccc2)c(C)c1CNC(C)C(=O)Nc1ccc(Cl)cn1. The summed E-state index contributed by atoms with van der Waals surface area (Å²) in [5, 5.41) is 11.2. The number of carbonyl (C=O) groups excluding carboxylic acids is 1. The number of carbonyl (C=O) groups is 1. The highest BCUT2D eigenvalue weighted by Gasteiger charge is 2.17. The van der Waals surface area contributed by atoms with E-state index in [1.54, 1.807) is 12.1 Å². The Kier molecular flexibility index (Phi) is 5.88. The topological polar surface area (TPSA) is 71.8 Å². The summed E-state index contributed by atoms with van der Waals surface area (Å²) in [6, 6.07) is 13.0. The third kappa shape index (κ3) is 4.53. The molecule has 6 nitrogen and oxygen atoms in total. The van der Waals surface area contributed by atoms with Crippen molar-refractivity contribution in [2.24, 2.45) is 0 Å². The van der Waals surface area contributed by atoms with Gasteiger partial charge in [0.25, 0.3) is 0 Å². The summed E-state index contributed by atoms with van der Waals surface area (Å²) in [6.07, 6.45) is 1.50. The molecular weight excluding hydrogens is 362 g/mol. The molecule has 1 atom stereocenters. The van der Waals surface area contributed by atoms with E-state index in [9.17, 15) is 4.79 Å². The van der Waals surface area contributed by atoms with Crippen LogP contribution in [-0.4, -0.2) is 26.7 Å². The molecule has 0 aliphatic heterocycles. The van der Waals surface area contributed by atoms with Crippen molar-refractivity contribution < 1.29 is 4.79 Å². The van der Waals surface area contributed by atoms with E-state index >= 15 is 0 Å². The predicted octanol–water partition coefficient (Wildman–Crippen LogP) is 3.65. The fourth-order valence-electron chi connectivity index (χ4n) is 2.78. The molecule has 0 fully saturated rings. The monoisotopic (exact) mass is 383 g/mol. The van der Waals surface area contributed by atoms with E-state index in [0.29, 0.717) is 17.4 Å². The fourth-order valence-corrected chi connectivity index (χ4v) is 2.90. The van der Waals surface area contributed by atoms with E-state index < -0.39 is 0 Å². The number of hydrogen-bond donors (Lipinski definition) is 2. The second-order valence-electron chi connectivity index (χ2n) is 6.35. The summed E-state index contributed by atoms with van der Waals surface area (Å²) in [5.74, 6) is 0.317. The van der Waals surface area contributed by atoms with Gasteiger partial charge in [-0.1, -0.05) is 29.8 Å². The minimum Gasteiger partial charge on any atom is -0.309 e. The van der Waals surface area contributed by atoms with Crippen molar-refractivity contribution in [3.63, 3.8) is 0 Å². The number of aromatic nitrogens is 3. The zero-order valence-corrected chi connectivity index (χ0v) is 16.3. The van der Waals surface area contributed by atoms with E-state index in [0.717, 1.165) is 22.6 Å². The molecule has 0 aliphatic rings. The lowest BCUT2D eigenvalue weighted by atomic mass is 10.2. The summed E-state index contributed by atoms with van der Waals surface area (Å²) in [5.41, 5.74) is 4.10. The fraction of sp³-hybridized carbons (Fsp3) is 0.250. The Morgan fingerprint density at radius 2 is 1.93 bits per heavy atom. The first kappa shape index (κ1) is 19.1. The highest BCUT2D eigenvalue weighted by atomic mass is 35.5. The van der Waals surface area contributed by atoms with Crippen molar-refractivity contribution in [2.75, 3.05) is 5.32 Å². The van der Waals surface area contributed by atoms with Crippen LogP contribution < -0.4 is 10.6 Å². The van der Waals surface area contributed by atoms with Crippen LogP contribution in [0.3, 0.4) is 0 Å². The van der Waals surface area contributed by atoms with Crippen LogP contribution in [0.5, 0.6) is 0 Å². The van der Waals surface area contributed by atoms with Crippen molar-refractivity contribution in [3.05, 3.63) is 70.6 Å². The molecule has 2 N–H and O–H groups in total. The number of nitrogens with zero attached hydrogens (tertiary/aromatic N) is 3. The average molecular weight is 384 g/mol. The molecule has 3 aromatic rings. The number of rotatable bonds is 6. The number of anilines is 1. The van der Waals surface area contributed by atoms with Crippen molar-refractivity contribution in [3.8, 4) is 5.69 Å². The molecule has 0 saturated carbocycles. The average Bonchev–Trinajstić information content (AvgIpc) is 2.96. The molecule has 0 saturated heterocycles. The number of para-hydroxylation sites is 1. The van der Waals surface area contributed by atoms with Gasteiger partial charge in [0.15, 0.2) is 0 Å². The van der Waals surface area contributed by atoms with E-state index in [2.05, 4.69) is 20.7 Å². The maximum absolute atomic E-state index is 12.3. The Balaban J connectivity index is 1.65. The highest BCUT2D eigenvalue weighted by Crippen LogP contribution is 2.18. The molecule has 0 radical (unpaired) electrons. The molecule has 1 unspecified atom stereocenters. The van der Waals surface area contributed by atoms with Gasteiger partial charge in [0, 0.05) is 24.0 Å². The predicted molar refractivity (Wildman–Crippen MR) is 107 cm³/mol. The third-order valence-corrected chi connectivity index (χ3v) is 4.62. The van der Waals surface area contributed by atoms with Gasteiger partial charge >= 0.3 is 0 Å². The summed E-state index contributed by atoms with van der Waals surface area (Å²) in [6.45, 7) is 6.38. The van der Waals surface area contributed by atoms with E-state index in [4.69, 9.17) is 11.6 Å². The second-order valence-corrected chi connectivity index (χ2v) is 6.79. The van der Waals surface area contributed by atoms with Gasteiger partial charge < -0.3 is 10.6 Å². The molecule has 3 rings (SSSR count). The number of halogens is 1. The molecule has 2 aromatic heterocycles. The zero-order chi connectivity index (χ0) is 19.4. The first-order valence-corrected chi connectivity index (χ1v) is 9.10. The van der Waals surface area contributed by atoms with Gasteiger partial charge in [-0.2, -0.15) is 5.10 Å². The maximum atomic E-state index is 12.3. The van der Waals surface area contributed by atoms with Crippen LogP contribution in [0.25, 0.3) is 5.69 Å². The van der Waals surface area contributed by atoms with Crippen LogP contribution >= 0.6 is 11.6 Å². The lowest BCUT2D eigenvalue weighted by Crippen LogP contribution is -2.38. The quantitative estimate of drug-likeness (QED) is 0.681. The van der Waals surface area contributed by atoms with Gasteiger partial charge in [-0.05, 0) is 45.0 Å². The van der Waals surface area contributed by atoms with Crippen molar-refractivity contribution >= 4 is 23.3 Å². The lowest BCUT2D eigenvalue weighted by Gasteiger charge is -2.14. The third-order valence-electron chi connectivity index (χ3n) is 4.40. The summed E-state index contributed by atoms with van der Waals surface area (Å²) in [7, 11) is 0. The maximum Gasteiger partial charge on any atom is 0.242 e. The largest absolute Gasteiger partial charge is 0.309 e. The van der Waals surface area contributed by atoms with Gasteiger partial charge in [-0.3, -0.25) is 4.79 Å². The normalized spacial score (nSPS) is 12.0. The van der Waals surface area contributed by atoms with E-state index in [1.165, 1.54) is 6.20 Å². The molecule has 1 aromatic carbocycles. The Labute approximate surface area is 163 Å². The summed E-state index contributed by atoms with van der Waals surface area (Å²) in [4.78, 5) is 16.4. The minimum absolute atomic E-state index is 0.157. The number of aryl methyl sites for hydroxylation is 1. The Morgan fingerprint density at radius 1 is 1.19 bits per heavy atom. The van der Waals surface area contributed by atoms with Crippen LogP contribution in [0.1, 0.15) is 23.9 Å². The number of benzene rings is 1. The first-order chi connectivity index (χ1) is 13.0. The molecule has 140 valence electrons. The standard InChI is InChI=1S/C20H22ClN5O/c1-13-18(15(3)26(25-13)17-7-5-4-6-8-17)12-22-14(2)20(27)24-19-10-9-16(21)11-23-19/h4-11,14,22H,12H2,1-3H3,(H,23,24,27).